The number of aromatic nitrogens is 1. The van der Waals surface area contributed by atoms with Crippen LogP contribution < -0.4 is 10.1 Å². The third-order valence-corrected chi connectivity index (χ3v) is 8.67. The molecular weight excluding hydrogens is 416 g/mol. The molecule has 2 amide bonds. The molecule has 180 valence electrons. The number of carbonyl (C=O) groups is 2. The Balaban J connectivity index is 1.01. The van der Waals surface area contributed by atoms with Crippen molar-refractivity contribution in [2.75, 3.05) is 32.7 Å². The molecule has 7 nitrogen and oxygen atoms in total. The molecule has 0 radical (unpaired) electrons. The number of piperidine rings is 2. The molecule has 2 unspecified atom stereocenters. The smallest absolute Gasteiger partial charge is 0.261 e. The first-order valence-corrected chi connectivity index (χ1v) is 12.8. The van der Waals surface area contributed by atoms with Gasteiger partial charge >= 0.3 is 0 Å². The van der Waals surface area contributed by atoms with Gasteiger partial charge in [-0.15, -0.1) is 0 Å². The molecule has 0 aromatic carbocycles. The number of ether oxygens (including phenoxy) is 1. The molecule has 4 heterocycles. The molecule has 0 bridgehead atoms. The van der Waals surface area contributed by atoms with Gasteiger partial charge in [0.2, 0.25) is 5.91 Å². The topological polar surface area (TPSA) is 74.8 Å². The van der Waals surface area contributed by atoms with Gasteiger partial charge in [-0.2, -0.15) is 0 Å². The number of likely N-dealkylation sites (tertiary alicyclic amines) is 2. The number of nitrogens with zero attached hydrogens (tertiary/aromatic N) is 3. The highest BCUT2D eigenvalue weighted by molar-refractivity contribution is 5.82. The van der Waals surface area contributed by atoms with Gasteiger partial charge in [0.05, 0.1) is 6.20 Å². The second-order valence-corrected chi connectivity index (χ2v) is 11.0. The minimum Gasteiger partial charge on any atom is -0.478 e. The molecule has 4 aliphatic rings. The second-order valence-electron chi connectivity index (χ2n) is 11.0. The first kappa shape index (κ1) is 22.6. The maximum atomic E-state index is 12.9. The molecule has 7 heteroatoms. The highest BCUT2D eigenvalue weighted by Gasteiger charge is 2.55. The number of amides is 2. The highest BCUT2D eigenvalue weighted by Crippen LogP contribution is 2.59. The third-order valence-electron chi connectivity index (χ3n) is 8.67. The number of pyridine rings is 1. The molecule has 2 atom stereocenters. The zero-order valence-electron chi connectivity index (χ0n) is 20.1. The van der Waals surface area contributed by atoms with Crippen molar-refractivity contribution in [2.45, 2.75) is 70.9 Å². The lowest BCUT2D eigenvalue weighted by molar-refractivity contribution is -0.134. The van der Waals surface area contributed by atoms with Crippen molar-refractivity contribution in [2.24, 2.45) is 17.3 Å². The number of fused-ring (bicyclic) bond motifs is 1. The van der Waals surface area contributed by atoms with Crippen LogP contribution in [0.2, 0.25) is 0 Å². The molecule has 5 rings (SSSR count). The number of carbonyl (C=O) groups excluding carboxylic acids is 2. The predicted octanol–water partition coefficient (Wildman–Crippen LogP) is 2.64. The minimum atomic E-state index is -0.439. The Morgan fingerprint density at radius 1 is 1.21 bits per heavy atom. The van der Waals surface area contributed by atoms with E-state index in [1.165, 1.54) is 6.42 Å². The fourth-order valence-electron chi connectivity index (χ4n) is 6.15. The zero-order chi connectivity index (χ0) is 23.0. The minimum absolute atomic E-state index is 0.0237. The van der Waals surface area contributed by atoms with Crippen LogP contribution in [-0.2, 0) is 16.0 Å². The van der Waals surface area contributed by atoms with Crippen LogP contribution in [0.3, 0.4) is 0 Å². The van der Waals surface area contributed by atoms with Gasteiger partial charge in [-0.25, -0.2) is 0 Å². The van der Waals surface area contributed by atoms with Crippen molar-refractivity contribution < 1.29 is 14.3 Å². The summed E-state index contributed by atoms with van der Waals surface area (Å²) >= 11 is 0. The number of hydrogen-bond donors (Lipinski definition) is 1. The van der Waals surface area contributed by atoms with Crippen molar-refractivity contribution in [3.05, 3.63) is 24.0 Å². The van der Waals surface area contributed by atoms with Crippen LogP contribution in [0.5, 0.6) is 5.75 Å². The van der Waals surface area contributed by atoms with E-state index in [1.807, 2.05) is 6.07 Å². The molecule has 3 aliphatic heterocycles. The molecular formula is C26H38N4O3. The molecule has 2 saturated heterocycles. The monoisotopic (exact) mass is 454 g/mol. The maximum absolute atomic E-state index is 12.9. The van der Waals surface area contributed by atoms with Gasteiger partial charge in [0.1, 0.15) is 5.75 Å². The van der Waals surface area contributed by atoms with Crippen molar-refractivity contribution in [1.82, 2.24) is 20.1 Å². The summed E-state index contributed by atoms with van der Waals surface area (Å²) in [6.45, 7) is 9.23. The van der Waals surface area contributed by atoms with E-state index in [1.54, 1.807) is 12.4 Å². The van der Waals surface area contributed by atoms with Crippen LogP contribution in [0.15, 0.2) is 18.5 Å². The van der Waals surface area contributed by atoms with Crippen LogP contribution in [0.4, 0.5) is 0 Å². The number of rotatable bonds is 6. The molecule has 1 N–H and O–H groups in total. The molecule has 1 aromatic rings. The summed E-state index contributed by atoms with van der Waals surface area (Å²) < 4.78 is 5.76. The summed E-state index contributed by atoms with van der Waals surface area (Å²) in [5, 5.41) is 3.12. The van der Waals surface area contributed by atoms with E-state index in [4.69, 9.17) is 4.74 Å². The fraction of sp³-hybridized carbons (Fsp3) is 0.731. The van der Waals surface area contributed by atoms with Gasteiger partial charge in [-0.3, -0.25) is 14.6 Å². The second kappa shape index (κ2) is 9.24. The van der Waals surface area contributed by atoms with E-state index in [2.05, 4.69) is 33.9 Å². The predicted molar refractivity (Wildman–Crippen MR) is 126 cm³/mol. The third kappa shape index (κ3) is 4.88. The van der Waals surface area contributed by atoms with E-state index in [9.17, 15) is 9.59 Å². The molecule has 1 aromatic heterocycles. The Kier molecular flexibility index (Phi) is 6.34. The molecule has 1 saturated carbocycles. The average molecular weight is 455 g/mol. The van der Waals surface area contributed by atoms with Crippen molar-refractivity contribution in [3.63, 3.8) is 0 Å². The van der Waals surface area contributed by atoms with E-state index in [-0.39, 0.29) is 5.91 Å². The average Bonchev–Trinajstić information content (AvgIpc) is 3.29. The largest absolute Gasteiger partial charge is 0.478 e. The fourth-order valence-corrected chi connectivity index (χ4v) is 6.15. The van der Waals surface area contributed by atoms with E-state index >= 15 is 0 Å². The van der Waals surface area contributed by atoms with E-state index in [0.29, 0.717) is 35.6 Å². The summed E-state index contributed by atoms with van der Waals surface area (Å²) in [6.07, 6.45) is 9.93. The Labute approximate surface area is 197 Å². The Morgan fingerprint density at radius 3 is 2.67 bits per heavy atom. The summed E-state index contributed by atoms with van der Waals surface area (Å²) in [4.78, 5) is 34.2. The van der Waals surface area contributed by atoms with Crippen LogP contribution >= 0.6 is 0 Å². The SMILES string of the molecule is CC(C)N1CCC(CC(=O)N2CCC3(CC2)CC3CNC(=O)C2Cc3ccncc3O2)CC1. The summed E-state index contributed by atoms with van der Waals surface area (Å²) in [7, 11) is 0. The van der Waals surface area contributed by atoms with Crippen molar-refractivity contribution >= 4 is 11.8 Å². The first-order chi connectivity index (χ1) is 15.9. The summed E-state index contributed by atoms with van der Waals surface area (Å²) in [5.41, 5.74) is 1.38. The van der Waals surface area contributed by atoms with Crippen molar-refractivity contribution in [3.8, 4) is 5.75 Å². The standard InChI is InChI=1S/C26H38N4O3/c1-18(2)29-9-4-19(5-10-29)13-24(31)30-11-6-26(7-12-30)15-21(26)16-28-25(32)22-14-20-3-8-27-17-23(20)33-22/h3,8,17-19,21-22H,4-7,9-16H2,1-2H3,(H,28,32). The normalized spacial score (nSPS) is 26.8. The number of nitrogens with one attached hydrogen (secondary N) is 1. The lowest BCUT2D eigenvalue weighted by Crippen LogP contribution is -2.43. The number of hydrogen-bond acceptors (Lipinski definition) is 5. The van der Waals surface area contributed by atoms with Crippen molar-refractivity contribution in [1.29, 1.82) is 0 Å². The van der Waals surface area contributed by atoms with Crippen LogP contribution in [0.25, 0.3) is 0 Å². The van der Waals surface area contributed by atoms with Gasteiger partial charge in [-0.05, 0) is 82.4 Å². The van der Waals surface area contributed by atoms with Crippen LogP contribution in [0.1, 0.15) is 57.9 Å². The quantitative estimate of drug-likeness (QED) is 0.715. The van der Waals surface area contributed by atoms with Gasteiger partial charge in [0.25, 0.3) is 5.91 Å². The highest BCUT2D eigenvalue weighted by atomic mass is 16.5. The molecule has 1 aliphatic carbocycles. The summed E-state index contributed by atoms with van der Waals surface area (Å²) in [5.74, 6) is 2.13. The van der Waals surface area contributed by atoms with E-state index < -0.39 is 6.10 Å². The molecule has 33 heavy (non-hydrogen) atoms. The van der Waals surface area contributed by atoms with Gasteiger partial charge in [-0.1, -0.05) is 0 Å². The van der Waals surface area contributed by atoms with E-state index in [0.717, 1.165) is 76.1 Å². The summed E-state index contributed by atoms with van der Waals surface area (Å²) in [6, 6.07) is 2.53. The first-order valence-electron chi connectivity index (χ1n) is 12.8. The molecule has 1 spiro atoms. The lowest BCUT2D eigenvalue weighted by Gasteiger charge is -2.37. The lowest BCUT2D eigenvalue weighted by atomic mass is 9.89. The van der Waals surface area contributed by atoms with Gasteiger partial charge < -0.3 is 19.9 Å². The Hall–Kier alpha value is -2.15. The van der Waals surface area contributed by atoms with Gasteiger partial charge in [0, 0.05) is 50.3 Å². The Morgan fingerprint density at radius 2 is 1.97 bits per heavy atom. The van der Waals surface area contributed by atoms with Crippen LogP contribution in [0, 0.1) is 17.3 Å². The molecule has 3 fully saturated rings. The van der Waals surface area contributed by atoms with Gasteiger partial charge in [0.15, 0.2) is 6.10 Å². The maximum Gasteiger partial charge on any atom is 0.261 e. The zero-order valence-corrected chi connectivity index (χ0v) is 20.1. The van der Waals surface area contributed by atoms with Crippen LogP contribution in [-0.4, -0.2) is 71.5 Å². The Bertz CT molecular complexity index is 847.